The molecule has 2 heterocycles. The highest BCUT2D eigenvalue weighted by molar-refractivity contribution is 5.62. The average Bonchev–Trinajstić information content (AvgIpc) is 2.62. The molecule has 1 saturated heterocycles. The molecule has 0 radical (unpaired) electrons. The van der Waals surface area contributed by atoms with E-state index in [1.165, 1.54) is 0 Å². The first-order valence-electron chi connectivity index (χ1n) is 8.00. The Morgan fingerprint density at radius 2 is 1.96 bits per heavy atom. The minimum absolute atomic E-state index is 0.107. The number of ether oxygens (including phenoxy) is 1. The van der Waals surface area contributed by atoms with Gasteiger partial charge < -0.3 is 15.0 Å². The first-order chi connectivity index (χ1) is 11.7. The smallest absolute Gasteiger partial charge is 0.238 e. The Morgan fingerprint density at radius 3 is 2.67 bits per heavy atom. The van der Waals surface area contributed by atoms with Crippen LogP contribution in [-0.2, 0) is 0 Å². The number of methoxy groups -OCH3 is 1. The predicted molar refractivity (Wildman–Crippen MR) is 91.4 cm³/mol. The van der Waals surface area contributed by atoms with Crippen LogP contribution in [0, 0.1) is 17.2 Å². The molecule has 2 aromatic rings. The summed E-state index contributed by atoms with van der Waals surface area (Å²) in [5.41, 5.74) is 0.744. The van der Waals surface area contributed by atoms with E-state index < -0.39 is 0 Å². The van der Waals surface area contributed by atoms with Crippen LogP contribution in [0.15, 0.2) is 24.3 Å². The molecule has 0 amide bonds. The predicted octanol–water partition coefficient (Wildman–Crippen LogP) is 2.73. The maximum atomic E-state index is 9.22. The average molecular weight is 324 g/mol. The first-order valence-corrected chi connectivity index (χ1v) is 8.00. The summed E-state index contributed by atoms with van der Waals surface area (Å²) in [4.78, 5) is 15.0. The van der Waals surface area contributed by atoms with Crippen LogP contribution in [0.25, 0.3) is 0 Å². The van der Waals surface area contributed by atoms with Gasteiger partial charge in [0.05, 0.1) is 12.8 Å². The summed E-state index contributed by atoms with van der Waals surface area (Å²) in [6.45, 7) is 4.04. The SMILES string of the molecule is COc1ccccc1Nc1nc(C#N)nc(N2CCC(C)CC2)n1. The van der Waals surface area contributed by atoms with Gasteiger partial charge in [0.25, 0.3) is 0 Å². The number of aromatic nitrogens is 3. The molecule has 1 aromatic carbocycles. The second-order valence-corrected chi connectivity index (χ2v) is 5.89. The zero-order valence-corrected chi connectivity index (χ0v) is 13.9. The molecule has 1 aliphatic rings. The van der Waals surface area contributed by atoms with E-state index >= 15 is 0 Å². The largest absolute Gasteiger partial charge is 0.495 e. The lowest BCUT2D eigenvalue weighted by molar-refractivity contribution is 0.416. The van der Waals surface area contributed by atoms with E-state index in [2.05, 4.69) is 32.1 Å². The van der Waals surface area contributed by atoms with Crippen LogP contribution >= 0.6 is 0 Å². The van der Waals surface area contributed by atoms with Crippen molar-refractivity contribution in [2.75, 3.05) is 30.4 Å². The number of nitrogens with one attached hydrogen (secondary N) is 1. The summed E-state index contributed by atoms with van der Waals surface area (Å²) in [7, 11) is 1.61. The lowest BCUT2D eigenvalue weighted by atomic mass is 10.00. The normalized spacial score (nSPS) is 15.0. The number of hydrogen-bond donors (Lipinski definition) is 1. The first kappa shape index (κ1) is 16.0. The fourth-order valence-electron chi connectivity index (χ4n) is 2.69. The Hall–Kier alpha value is -2.88. The standard InChI is InChI=1S/C17H20N6O/c1-12-7-9-23(10-8-12)17-21-15(11-18)20-16(22-17)19-13-5-3-4-6-14(13)24-2/h3-6,12H,7-10H2,1-2H3,(H,19,20,21,22). The molecule has 7 heteroatoms. The second kappa shape index (κ2) is 7.13. The fraction of sp³-hybridized carbons (Fsp3) is 0.412. The maximum Gasteiger partial charge on any atom is 0.238 e. The van der Waals surface area contributed by atoms with Crippen LogP contribution in [0.2, 0.25) is 0 Å². The van der Waals surface area contributed by atoms with E-state index in [1.807, 2.05) is 30.3 Å². The van der Waals surface area contributed by atoms with Gasteiger partial charge >= 0.3 is 0 Å². The number of piperidine rings is 1. The molecule has 1 N–H and O–H groups in total. The molecule has 0 unspecified atom stereocenters. The quantitative estimate of drug-likeness (QED) is 0.925. The Kier molecular flexibility index (Phi) is 4.75. The van der Waals surface area contributed by atoms with E-state index in [4.69, 9.17) is 4.74 Å². The van der Waals surface area contributed by atoms with Gasteiger partial charge in [-0.05, 0) is 30.9 Å². The fourth-order valence-corrected chi connectivity index (χ4v) is 2.69. The highest BCUT2D eigenvalue weighted by Gasteiger charge is 2.20. The van der Waals surface area contributed by atoms with Crippen LogP contribution in [0.4, 0.5) is 17.6 Å². The molecule has 124 valence electrons. The van der Waals surface area contributed by atoms with E-state index in [9.17, 15) is 5.26 Å². The van der Waals surface area contributed by atoms with Crippen LogP contribution in [0.5, 0.6) is 5.75 Å². The summed E-state index contributed by atoms with van der Waals surface area (Å²) in [5.74, 6) is 2.40. The topological polar surface area (TPSA) is 87.0 Å². The molecular formula is C17H20N6O. The minimum Gasteiger partial charge on any atom is -0.495 e. The van der Waals surface area contributed by atoms with E-state index in [0.29, 0.717) is 23.6 Å². The van der Waals surface area contributed by atoms with Crippen LogP contribution in [0.3, 0.4) is 0 Å². The molecule has 0 spiro atoms. The van der Waals surface area contributed by atoms with Crippen molar-refractivity contribution in [2.45, 2.75) is 19.8 Å². The highest BCUT2D eigenvalue weighted by atomic mass is 16.5. The van der Waals surface area contributed by atoms with E-state index in [0.717, 1.165) is 31.6 Å². The molecule has 7 nitrogen and oxygen atoms in total. The van der Waals surface area contributed by atoms with Gasteiger partial charge in [0.1, 0.15) is 11.8 Å². The third-order valence-corrected chi connectivity index (χ3v) is 4.14. The van der Waals surface area contributed by atoms with Gasteiger partial charge in [-0.1, -0.05) is 19.1 Å². The van der Waals surface area contributed by atoms with Crippen molar-refractivity contribution in [1.82, 2.24) is 15.0 Å². The number of anilines is 3. The van der Waals surface area contributed by atoms with Gasteiger partial charge in [-0.25, -0.2) is 0 Å². The molecule has 1 fully saturated rings. The number of rotatable bonds is 4. The van der Waals surface area contributed by atoms with Gasteiger partial charge in [-0.15, -0.1) is 0 Å². The number of para-hydroxylation sites is 2. The zero-order chi connectivity index (χ0) is 16.9. The van der Waals surface area contributed by atoms with Crippen LogP contribution in [-0.4, -0.2) is 35.2 Å². The van der Waals surface area contributed by atoms with Crippen LogP contribution in [0.1, 0.15) is 25.6 Å². The van der Waals surface area contributed by atoms with Crippen molar-refractivity contribution in [3.63, 3.8) is 0 Å². The minimum atomic E-state index is 0.107. The third kappa shape index (κ3) is 3.54. The Labute approximate surface area is 141 Å². The third-order valence-electron chi connectivity index (χ3n) is 4.14. The maximum absolute atomic E-state index is 9.22. The van der Waals surface area contributed by atoms with Crippen molar-refractivity contribution in [2.24, 2.45) is 5.92 Å². The lowest BCUT2D eigenvalue weighted by Gasteiger charge is -2.30. The van der Waals surface area contributed by atoms with Gasteiger partial charge in [0.15, 0.2) is 0 Å². The molecule has 1 aliphatic heterocycles. The van der Waals surface area contributed by atoms with Crippen molar-refractivity contribution in [3.05, 3.63) is 30.1 Å². The number of hydrogen-bond acceptors (Lipinski definition) is 7. The van der Waals surface area contributed by atoms with Gasteiger partial charge in [0, 0.05) is 13.1 Å². The second-order valence-electron chi connectivity index (χ2n) is 5.89. The highest BCUT2D eigenvalue weighted by Crippen LogP contribution is 2.26. The summed E-state index contributed by atoms with van der Waals surface area (Å²) in [6, 6.07) is 9.51. The molecule has 3 rings (SSSR count). The van der Waals surface area contributed by atoms with Gasteiger partial charge in [-0.2, -0.15) is 20.2 Å². The summed E-state index contributed by atoms with van der Waals surface area (Å²) in [5, 5.41) is 12.3. The molecular weight excluding hydrogens is 304 g/mol. The monoisotopic (exact) mass is 324 g/mol. The summed E-state index contributed by atoms with van der Waals surface area (Å²) >= 11 is 0. The van der Waals surface area contributed by atoms with Gasteiger partial charge in [-0.3, -0.25) is 0 Å². The van der Waals surface area contributed by atoms with E-state index in [1.54, 1.807) is 7.11 Å². The molecule has 0 atom stereocenters. The summed E-state index contributed by atoms with van der Waals surface area (Å²) in [6.07, 6.45) is 2.20. The molecule has 24 heavy (non-hydrogen) atoms. The Bertz CT molecular complexity index is 749. The number of benzene rings is 1. The van der Waals surface area contributed by atoms with Crippen molar-refractivity contribution in [3.8, 4) is 11.8 Å². The Morgan fingerprint density at radius 1 is 1.21 bits per heavy atom. The molecule has 0 bridgehead atoms. The molecule has 0 aliphatic carbocycles. The van der Waals surface area contributed by atoms with Crippen LogP contribution < -0.4 is 15.0 Å². The molecule has 1 aromatic heterocycles. The van der Waals surface area contributed by atoms with E-state index in [-0.39, 0.29) is 5.82 Å². The number of nitriles is 1. The zero-order valence-electron chi connectivity index (χ0n) is 13.9. The summed E-state index contributed by atoms with van der Waals surface area (Å²) < 4.78 is 5.32. The number of nitrogens with zero attached hydrogens (tertiary/aromatic N) is 5. The lowest BCUT2D eigenvalue weighted by Crippen LogP contribution is -2.34. The molecule has 0 saturated carbocycles. The van der Waals surface area contributed by atoms with Crippen molar-refractivity contribution in [1.29, 1.82) is 5.26 Å². The van der Waals surface area contributed by atoms with Gasteiger partial charge in [0.2, 0.25) is 17.7 Å². The van der Waals surface area contributed by atoms with Crippen molar-refractivity contribution < 1.29 is 4.74 Å². The Balaban J connectivity index is 1.88. The van der Waals surface area contributed by atoms with Crippen molar-refractivity contribution >= 4 is 17.6 Å².